The zero-order chi connectivity index (χ0) is 14.9. The molecule has 4 heteroatoms. The summed E-state index contributed by atoms with van der Waals surface area (Å²) in [4.78, 5) is 11.6. The first-order valence-electron chi connectivity index (χ1n) is 6.76. The van der Waals surface area contributed by atoms with Crippen molar-refractivity contribution in [1.82, 2.24) is 0 Å². The summed E-state index contributed by atoms with van der Waals surface area (Å²) in [5, 5.41) is 0.683. The van der Waals surface area contributed by atoms with E-state index in [4.69, 9.17) is 16.3 Å². The van der Waals surface area contributed by atoms with Crippen molar-refractivity contribution in [3.8, 4) is 0 Å². The van der Waals surface area contributed by atoms with Crippen LogP contribution in [0.3, 0.4) is 0 Å². The molecule has 0 spiro atoms. The fourth-order valence-electron chi connectivity index (χ4n) is 1.74. The van der Waals surface area contributed by atoms with Gasteiger partial charge in [-0.25, -0.2) is 0 Å². The predicted molar refractivity (Wildman–Crippen MR) is 88.5 cm³/mol. The molecule has 0 fully saturated rings. The van der Waals surface area contributed by atoms with Crippen LogP contribution in [-0.2, 0) is 21.9 Å². The maximum absolute atomic E-state index is 11.6. The average Bonchev–Trinajstić information content (AvgIpc) is 2.52. The number of carbonyl (C=O) groups is 1. The lowest BCUT2D eigenvalue weighted by molar-refractivity contribution is -0.144. The Kier molecular flexibility index (Phi) is 6.64. The average molecular weight is 321 g/mol. The Labute approximate surface area is 134 Å². The molecule has 110 valence electrons. The molecule has 0 atom stereocenters. The third-order valence-electron chi connectivity index (χ3n) is 2.88. The Morgan fingerprint density at radius 3 is 2.43 bits per heavy atom. The highest BCUT2D eigenvalue weighted by atomic mass is 35.5. The quantitative estimate of drug-likeness (QED) is 0.546. The van der Waals surface area contributed by atoms with Crippen LogP contribution in [0.15, 0.2) is 54.6 Å². The molecule has 0 aromatic heterocycles. The molecular formula is C17H17ClO2S. The van der Waals surface area contributed by atoms with E-state index in [1.54, 1.807) is 23.9 Å². The molecule has 2 rings (SSSR count). The van der Waals surface area contributed by atoms with Gasteiger partial charge in [0.1, 0.15) is 6.61 Å². The van der Waals surface area contributed by atoms with E-state index in [1.165, 1.54) is 5.56 Å². The molecule has 0 aliphatic heterocycles. The van der Waals surface area contributed by atoms with Gasteiger partial charge in [0, 0.05) is 16.5 Å². The number of hydrogen-bond acceptors (Lipinski definition) is 3. The molecule has 0 heterocycles. The second kappa shape index (κ2) is 8.75. The van der Waals surface area contributed by atoms with Gasteiger partial charge in [-0.05, 0) is 23.3 Å². The van der Waals surface area contributed by atoms with E-state index in [1.807, 2.05) is 30.3 Å². The SMILES string of the molecule is O=C(CCSCc1ccccc1)OCc1ccc(Cl)cc1. The summed E-state index contributed by atoms with van der Waals surface area (Å²) in [6.45, 7) is 0.305. The monoisotopic (exact) mass is 320 g/mol. The number of esters is 1. The highest BCUT2D eigenvalue weighted by molar-refractivity contribution is 7.98. The summed E-state index contributed by atoms with van der Waals surface area (Å²) in [5.74, 6) is 1.53. The molecule has 2 aromatic rings. The maximum atomic E-state index is 11.6. The first kappa shape index (κ1) is 15.9. The number of hydrogen-bond donors (Lipinski definition) is 0. The van der Waals surface area contributed by atoms with E-state index < -0.39 is 0 Å². The van der Waals surface area contributed by atoms with E-state index in [0.717, 1.165) is 17.1 Å². The van der Waals surface area contributed by atoms with Crippen LogP contribution in [0.5, 0.6) is 0 Å². The van der Waals surface area contributed by atoms with E-state index in [2.05, 4.69) is 12.1 Å². The molecule has 0 aliphatic rings. The van der Waals surface area contributed by atoms with Gasteiger partial charge < -0.3 is 4.74 Å². The van der Waals surface area contributed by atoms with Crippen LogP contribution in [0.25, 0.3) is 0 Å². The number of benzene rings is 2. The van der Waals surface area contributed by atoms with Crippen LogP contribution in [0, 0.1) is 0 Å². The molecule has 0 unspecified atom stereocenters. The molecule has 21 heavy (non-hydrogen) atoms. The first-order chi connectivity index (χ1) is 10.2. The molecule has 0 radical (unpaired) electrons. The summed E-state index contributed by atoms with van der Waals surface area (Å²) in [7, 11) is 0. The van der Waals surface area contributed by atoms with Gasteiger partial charge >= 0.3 is 5.97 Å². The minimum absolute atomic E-state index is 0.162. The number of thioether (sulfide) groups is 1. The minimum Gasteiger partial charge on any atom is -0.461 e. The molecule has 0 amide bonds. The van der Waals surface area contributed by atoms with Gasteiger partial charge in [-0.15, -0.1) is 0 Å². The fraction of sp³-hybridized carbons (Fsp3) is 0.235. The number of rotatable bonds is 7. The van der Waals surface area contributed by atoms with Crippen LogP contribution in [0.4, 0.5) is 0 Å². The maximum Gasteiger partial charge on any atom is 0.306 e. The van der Waals surface area contributed by atoms with Crippen LogP contribution >= 0.6 is 23.4 Å². The Bertz CT molecular complexity index is 555. The largest absolute Gasteiger partial charge is 0.461 e. The van der Waals surface area contributed by atoms with E-state index >= 15 is 0 Å². The van der Waals surface area contributed by atoms with Gasteiger partial charge in [-0.3, -0.25) is 4.79 Å². The highest BCUT2D eigenvalue weighted by Gasteiger charge is 2.04. The molecule has 0 bridgehead atoms. The van der Waals surface area contributed by atoms with Crippen LogP contribution in [0.2, 0.25) is 5.02 Å². The van der Waals surface area contributed by atoms with Gasteiger partial charge in [0.15, 0.2) is 0 Å². The van der Waals surface area contributed by atoms with Gasteiger partial charge in [-0.1, -0.05) is 54.1 Å². The first-order valence-corrected chi connectivity index (χ1v) is 8.29. The van der Waals surface area contributed by atoms with Gasteiger partial charge in [0.25, 0.3) is 0 Å². The molecule has 2 aromatic carbocycles. The second-order valence-electron chi connectivity index (χ2n) is 4.58. The van der Waals surface area contributed by atoms with Crippen molar-refractivity contribution in [2.24, 2.45) is 0 Å². The van der Waals surface area contributed by atoms with Crippen LogP contribution < -0.4 is 0 Å². The van der Waals surface area contributed by atoms with Crippen molar-refractivity contribution in [2.75, 3.05) is 5.75 Å². The molecule has 0 N–H and O–H groups in total. The number of ether oxygens (including phenoxy) is 1. The van der Waals surface area contributed by atoms with E-state index in [-0.39, 0.29) is 5.97 Å². The molecular weight excluding hydrogens is 304 g/mol. The summed E-state index contributed by atoms with van der Waals surface area (Å²) < 4.78 is 5.22. The fourth-order valence-corrected chi connectivity index (χ4v) is 2.75. The normalized spacial score (nSPS) is 10.3. The number of carbonyl (C=O) groups excluding carboxylic acids is 1. The van der Waals surface area contributed by atoms with E-state index in [9.17, 15) is 4.79 Å². The second-order valence-corrected chi connectivity index (χ2v) is 6.12. The molecule has 0 saturated carbocycles. The van der Waals surface area contributed by atoms with Crippen molar-refractivity contribution in [1.29, 1.82) is 0 Å². The highest BCUT2D eigenvalue weighted by Crippen LogP contribution is 2.14. The molecule has 0 saturated heterocycles. The lowest BCUT2D eigenvalue weighted by Gasteiger charge is -2.05. The van der Waals surface area contributed by atoms with Crippen LogP contribution in [-0.4, -0.2) is 11.7 Å². The Hall–Kier alpha value is -1.45. The van der Waals surface area contributed by atoms with Crippen molar-refractivity contribution < 1.29 is 9.53 Å². The van der Waals surface area contributed by atoms with Crippen LogP contribution in [0.1, 0.15) is 17.5 Å². The summed E-state index contributed by atoms with van der Waals surface area (Å²) >= 11 is 7.54. The summed E-state index contributed by atoms with van der Waals surface area (Å²) in [6, 6.07) is 17.5. The Morgan fingerprint density at radius 1 is 1.00 bits per heavy atom. The third-order valence-corrected chi connectivity index (χ3v) is 4.16. The van der Waals surface area contributed by atoms with Crippen molar-refractivity contribution in [3.63, 3.8) is 0 Å². The Morgan fingerprint density at radius 2 is 1.71 bits per heavy atom. The zero-order valence-electron chi connectivity index (χ0n) is 11.6. The third kappa shape index (κ3) is 6.23. The van der Waals surface area contributed by atoms with Crippen molar-refractivity contribution in [3.05, 3.63) is 70.7 Å². The minimum atomic E-state index is -0.162. The lowest BCUT2D eigenvalue weighted by Crippen LogP contribution is -2.05. The van der Waals surface area contributed by atoms with Gasteiger partial charge in [0.2, 0.25) is 0 Å². The van der Waals surface area contributed by atoms with E-state index in [0.29, 0.717) is 18.1 Å². The van der Waals surface area contributed by atoms with Gasteiger partial charge in [0.05, 0.1) is 6.42 Å². The van der Waals surface area contributed by atoms with Gasteiger partial charge in [-0.2, -0.15) is 11.8 Å². The molecule has 0 aliphatic carbocycles. The predicted octanol–water partition coefficient (Wildman–Crippen LogP) is 4.71. The summed E-state index contributed by atoms with van der Waals surface area (Å²) in [5.41, 5.74) is 2.22. The smallest absolute Gasteiger partial charge is 0.306 e. The summed E-state index contributed by atoms with van der Waals surface area (Å²) in [6.07, 6.45) is 0.436. The molecule has 2 nitrogen and oxygen atoms in total. The topological polar surface area (TPSA) is 26.3 Å². The van der Waals surface area contributed by atoms with Crippen molar-refractivity contribution >= 4 is 29.3 Å². The zero-order valence-corrected chi connectivity index (χ0v) is 13.2. The lowest BCUT2D eigenvalue weighted by atomic mass is 10.2. The number of halogens is 1. The Balaban J connectivity index is 1.60. The van der Waals surface area contributed by atoms with Crippen molar-refractivity contribution in [2.45, 2.75) is 18.8 Å². The standard InChI is InChI=1S/C17H17ClO2S/c18-16-8-6-14(7-9-16)12-20-17(19)10-11-21-13-15-4-2-1-3-5-15/h1-9H,10-13H2.